The van der Waals surface area contributed by atoms with Crippen molar-refractivity contribution in [3.05, 3.63) is 23.0 Å². The maximum absolute atomic E-state index is 10.6. The van der Waals surface area contributed by atoms with E-state index in [1.165, 1.54) is 20.2 Å². The van der Waals surface area contributed by atoms with E-state index in [1.54, 1.807) is 6.07 Å². The lowest BCUT2D eigenvalue weighted by Crippen LogP contribution is -2.03. The number of aromatic nitrogens is 1. The Kier molecular flexibility index (Phi) is 3.71. The Balaban J connectivity index is 2.85. The number of carbonyl (C=O) groups excluding carboxylic acids is 1. The quantitative estimate of drug-likeness (QED) is 0.722. The van der Waals surface area contributed by atoms with E-state index in [0.29, 0.717) is 16.5 Å². The summed E-state index contributed by atoms with van der Waals surface area (Å²) in [7, 11) is 1.49. The predicted octanol–water partition coefficient (Wildman–Crippen LogP) is 1.81. The van der Waals surface area contributed by atoms with Gasteiger partial charge in [-0.2, -0.15) is 0 Å². The molecule has 0 spiro atoms. The van der Waals surface area contributed by atoms with Gasteiger partial charge in [0, 0.05) is 13.1 Å². The molecule has 5 heteroatoms. The summed E-state index contributed by atoms with van der Waals surface area (Å²) >= 11 is 5.84. The van der Waals surface area contributed by atoms with Gasteiger partial charge in [-0.05, 0) is 6.07 Å². The van der Waals surface area contributed by atoms with E-state index in [4.69, 9.17) is 21.1 Å². The number of nitrogens with zero attached hydrogens (tertiary/aromatic N) is 1. The van der Waals surface area contributed by atoms with Crippen LogP contribution in [0.5, 0.6) is 5.75 Å². The second kappa shape index (κ2) is 4.81. The summed E-state index contributed by atoms with van der Waals surface area (Å²) in [4.78, 5) is 14.6. The van der Waals surface area contributed by atoms with E-state index in [9.17, 15) is 4.79 Å². The SMILES string of the molecule is COc1c(Cl)ccnc1COC(C)=O. The second-order valence-corrected chi connectivity index (χ2v) is 2.96. The topological polar surface area (TPSA) is 48.4 Å². The van der Waals surface area contributed by atoms with Gasteiger partial charge in [0.05, 0.1) is 12.1 Å². The Morgan fingerprint density at radius 2 is 2.36 bits per heavy atom. The molecule has 1 rings (SSSR count). The summed E-state index contributed by atoms with van der Waals surface area (Å²) < 4.78 is 9.81. The van der Waals surface area contributed by atoms with Crippen LogP contribution in [0.1, 0.15) is 12.6 Å². The molecule has 1 aromatic heterocycles. The molecule has 0 unspecified atom stereocenters. The first kappa shape index (κ1) is 10.8. The van der Waals surface area contributed by atoms with Crippen molar-refractivity contribution in [2.75, 3.05) is 7.11 Å². The summed E-state index contributed by atoms with van der Waals surface area (Å²) in [6.07, 6.45) is 1.53. The first-order valence-electron chi connectivity index (χ1n) is 3.96. The average molecular weight is 216 g/mol. The zero-order valence-corrected chi connectivity index (χ0v) is 8.67. The molecule has 0 aliphatic rings. The van der Waals surface area contributed by atoms with Crippen molar-refractivity contribution < 1.29 is 14.3 Å². The first-order valence-corrected chi connectivity index (χ1v) is 4.33. The van der Waals surface area contributed by atoms with Crippen molar-refractivity contribution in [1.82, 2.24) is 4.98 Å². The highest BCUT2D eigenvalue weighted by molar-refractivity contribution is 6.32. The van der Waals surface area contributed by atoms with Crippen LogP contribution in [0.15, 0.2) is 12.3 Å². The van der Waals surface area contributed by atoms with Gasteiger partial charge < -0.3 is 9.47 Å². The van der Waals surface area contributed by atoms with Gasteiger partial charge in [-0.15, -0.1) is 0 Å². The number of methoxy groups -OCH3 is 1. The average Bonchev–Trinajstić information content (AvgIpc) is 2.14. The van der Waals surface area contributed by atoms with Crippen molar-refractivity contribution in [1.29, 1.82) is 0 Å². The zero-order valence-electron chi connectivity index (χ0n) is 7.91. The number of ether oxygens (including phenoxy) is 2. The van der Waals surface area contributed by atoms with Gasteiger partial charge in [-0.3, -0.25) is 9.78 Å². The van der Waals surface area contributed by atoms with Gasteiger partial charge in [0.1, 0.15) is 12.3 Å². The Morgan fingerprint density at radius 3 is 2.93 bits per heavy atom. The van der Waals surface area contributed by atoms with Crippen molar-refractivity contribution >= 4 is 17.6 Å². The normalized spacial score (nSPS) is 9.64. The maximum Gasteiger partial charge on any atom is 0.303 e. The van der Waals surface area contributed by atoms with Gasteiger partial charge in [0.2, 0.25) is 0 Å². The molecular formula is C9H10ClNO3. The summed E-state index contributed by atoms with van der Waals surface area (Å²) in [6, 6.07) is 1.61. The monoisotopic (exact) mass is 215 g/mol. The van der Waals surface area contributed by atoms with E-state index in [-0.39, 0.29) is 12.6 Å². The number of pyridine rings is 1. The molecule has 0 fully saturated rings. The van der Waals surface area contributed by atoms with E-state index in [0.717, 1.165) is 0 Å². The molecule has 4 nitrogen and oxygen atoms in total. The molecule has 0 aliphatic carbocycles. The lowest BCUT2D eigenvalue weighted by atomic mass is 10.3. The fraction of sp³-hybridized carbons (Fsp3) is 0.333. The van der Waals surface area contributed by atoms with Crippen LogP contribution in [0.3, 0.4) is 0 Å². The minimum Gasteiger partial charge on any atom is -0.493 e. The molecule has 0 N–H and O–H groups in total. The summed E-state index contributed by atoms with van der Waals surface area (Å²) in [5, 5.41) is 0.449. The lowest BCUT2D eigenvalue weighted by Gasteiger charge is -2.08. The molecule has 1 aromatic rings. The molecule has 0 radical (unpaired) electrons. The van der Waals surface area contributed by atoms with Crippen LogP contribution < -0.4 is 4.74 Å². The van der Waals surface area contributed by atoms with E-state index in [1.807, 2.05) is 0 Å². The van der Waals surface area contributed by atoms with Crippen LogP contribution in [0.25, 0.3) is 0 Å². The Morgan fingerprint density at radius 1 is 1.64 bits per heavy atom. The van der Waals surface area contributed by atoms with Crippen LogP contribution in [0, 0.1) is 0 Å². The highest BCUT2D eigenvalue weighted by Crippen LogP contribution is 2.26. The smallest absolute Gasteiger partial charge is 0.303 e. The highest BCUT2D eigenvalue weighted by atomic mass is 35.5. The lowest BCUT2D eigenvalue weighted by molar-refractivity contribution is -0.142. The minimum atomic E-state index is -0.367. The fourth-order valence-electron chi connectivity index (χ4n) is 0.953. The molecule has 0 saturated carbocycles. The third kappa shape index (κ3) is 2.60. The molecular weight excluding hydrogens is 206 g/mol. The van der Waals surface area contributed by atoms with Gasteiger partial charge in [0.15, 0.2) is 5.75 Å². The largest absolute Gasteiger partial charge is 0.493 e. The van der Waals surface area contributed by atoms with Crippen LogP contribution in [0.2, 0.25) is 5.02 Å². The van der Waals surface area contributed by atoms with Crippen LogP contribution >= 0.6 is 11.6 Å². The van der Waals surface area contributed by atoms with E-state index < -0.39 is 0 Å². The number of hydrogen-bond donors (Lipinski definition) is 0. The highest BCUT2D eigenvalue weighted by Gasteiger charge is 2.09. The molecule has 0 aromatic carbocycles. The second-order valence-electron chi connectivity index (χ2n) is 2.55. The fourth-order valence-corrected chi connectivity index (χ4v) is 1.20. The predicted molar refractivity (Wildman–Crippen MR) is 51.3 cm³/mol. The van der Waals surface area contributed by atoms with Gasteiger partial charge in [-0.1, -0.05) is 11.6 Å². The number of esters is 1. The van der Waals surface area contributed by atoms with Crippen molar-refractivity contribution in [3.63, 3.8) is 0 Å². The molecule has 1 heterocycles. The number of rotatable bonds is 3. The first-order chi connectivity index (χ1) is 6.65. The third-order valence-corrected chi connectivity index (χ3v) is 1.84. The Hall–Kier alpha value is -1.29. The zero-order chi connectivity index (χ0) is 10.6. The number of hydrogen-bond acceptors (Lipinski definition) is 4. The molecule has 0 aliphatic heterocycles. The third-order valence-electron chi connectivity index (χ3n) is 1.55. The van der Waals surface area contributed by atoms with E-state index in [2.05, 4.69) is 4.98 Å². The minimum absolute atomic E-state index is 0.0685. The van der Waals surface area contributed by atoms with Crippen molar-refractivity contribution in [2.45, 2.75) is 13.5 Å². The van der Waals surface area contributed by atoms with Gasteiger partial charge >= 0.3 is 5.97 Å². The summed E-state index contributed by atoms with van der Waals surface area (Å²) in [6.45, 7) is 1.40. The van der Waals surface area contributed by atoms with Crippen LogP contribution in [-0.4, -0.2) is 18.1 Å². The maximum atomic E-state index is 10.6. The number of carbonyl (C=O) groups is 1. The Labute approximate surface area is 86.8 Å². The van der Waals surface area contributed by atoms with Gasteiger partial charge in [-0.25, -0.2) is 0 Å². The van der Waals surface area contributed by atoms with Crippen molar-refractivity contribution in [2.24, 2.45) is 0 Å². The molecule has 0 bridgehead atoms. The van der Waals surface area contributed by atoms with Gasteiger partial charge in [0.25, 0.3) is 0 Å². The van der Waals surface area contributed by atoms with Crippen LogP contribution in [-0.2, 0) is 16.1 Å². The standard InChI is InChI=1S/C9H10ClNO3/c1-6(12)14-5-8-9(13-2)7(10)3-4-11-8/h3-4H,5H2,1-2H3. The summed E-state index contributed by atoms with van der Waals surface area (Å²) in [5.74, 6) is 0.0734. The molecule has 0 amide bonds. The van der Waals surface area contributed by atoms with E-state index >= 15 is 0 Å². The number of halogens is 1. The molecule has 0 saturated heterocycles. The van der Waals surface area contributed by atoms with Crippen LogP contribution in [0.4, 0.5) is 0 Å². The Bertz CT molecular complexity index is 341. The van der Waals surface area contributed by atoms with Crippen molar-refractivity contribution in [3.8, 4) is 5.75 Å². The molecule has 14 heavy (non-hydrogen) atoms. The summed E-state index contributed by atoms with van der Waals surface area (Å²) in [5.41, 5.74) is 0.509. The molecule has 0 atom stereocenters. The molecule has 76 valence electrons.